The van der Waals surface area contributed by atoms with Crippen LogP contribution in [0.1, 0.15) is 45.4 Å². The molecule has 1 fully saturated rings. The zero-order chi connectivity index (χ0) is 14.3. The Morgan fingerprint density at radius 2 is 2.05 bits per heavy atom. The molecule has 1 atom stereocenters. The molecule has 0 spiro atoms. The lowest BCUT2D eigenvalue weighted by atomic mass is 9.96. The highest BCUT2D eigenvalue weighted by Gasteiger charge is 2.31. The highest BCUT2D eigenvalue weighted by molar-refractivity contribution is 5.80. The molecule has 0 aromatic carbocycles. The van der Waals surface area contributed by atoms with Crippen LogP contribution in [0.5, 0.6) is 0 Å². The molecule has 0 aromatic rings. The van der Waals surface area contributed by atoms with Gasteiger partial charge in [-0.25, -0.2) is 0 Å². The fourth-order valence-electron chi connectivity index (χ4n) is 2.98. The second-order valence-electron chi connectivity index (χ2n) is 6.09. The van der Waals surface area contributed by atoms with E-state index in [1.165, 1.54) is 39.3 Å². The third-order valence-corrected chi connectivity index (χ3v) is 4.45. The summed E-state index contributed by atoms with van der Waals surface area (Å²) < 4.78 is 4.86. The Labute approximate surface area is 117 Å². The van der Waals surface area contributed by atoms with Crippen LogP contribution in [-0.4, -0.2) is 50.7 Å². The second-order valence-corrected chi connectivity index (χ2v) is 6.09. The first-order valence-corrected chi connectivity index (χ1v) is 7.47. The number of nitrogens with one attached hydrogen (secondary N) is 1. The first-order chi connectivity index (χ1) is 9.01. The molecule has 0 heterocycles. The minimum atomic E-state index is -0.553. The molecule has 0 bridgehead atoms. The van der Waals surface area contributed by atoms with Crippen molar-refractivity contribution in [2.45, 2.75) is 51.0 Å². The fourth-order valence-corrected chi connectivity index (χ4v) is 2.98. The molecule has 1 unspecified atom stereocenters. The van der Waals surface area contributed by atoms with Crippen LogP contribution in [0.2, 0.25) is 0 Å². The number of methoxy groups -OCH3 is 1. The standard InChI is InChI=1S/C15H30N2O2/c1-15(16-2,14(18)19-4)10-7-11-17(3)12-13-8-5-6-9-13/h13,16H,5-12H2,1-4H3. The minimum Gasteiger partial charge on any atom is -0.468 e. The van der Waals surface area contributed by atoms with Crippen molar-refractivity contribution in [1.82, 2.24) is 10.2 Å². The van der Waals surface area contributed by atoms with Gasteiger partial charge in [-0.05, 0) is 59.2 Å². The van der Waals surface area contributed by atoms with Gasteiger partial charge >= 0.3 is 5.97 Å². The van der Waals surface area contributed by atoms with Gasteiger partial charge in [0.2, 0.25) is 0 Å². The summed E-state index contributed by atoms with van der Waals surface area (Å²) >= 11 is 0. The fraction of sp³-hybridized carbons (Fsp3) is 0.933. The van der Waals surface area contributed by atoms with Gasteiger partial charge in [-0.3, -0.25) is 4.79 Å². The molecule has 0 aromatic heterocycles. The van der Waals surface area contributed by atoms with Crippen LogP contribution in [-0.2, 0) is 9.53 Å². The summed E-state index contributed by atoms with van der Waals surface area (Å²) in [7, 11) is 5.45. The highest BCUT2D eigenvalue weighted by atomic mass is 16.5. The third-order valence-electron chi connectivity index (χ3n) is 4.45. The molecule has 0 radical (unpaired) electrons. The van der Waals surface area contributed by atoms with Crippen molar-refractivity contribution in [1.29, 1.82) is 0 Å². The number of likely N-dealkylation sites (N-methyl/N-ethyl adjacent to an activating group) is 1. The molecule has 1 N–H and O–H groups in total. The van der Waals surface area contributed by atoms with E-state index in [0.29, 0.717) is 0 Å². The predicted octanol–water partition coefficient (Wildman–Crippen LogP) is 2.04. The summed E-state index contributed by atoms with van der Waals surface area (Å²) in [5, 5.41) is 3.08. The van der Waals surface area contributed by atoms with Crippen LogP contribution < -0.4 is 5.32 Å². The molecule has 1 aliphatic rings. The van der Waals surface area contributed by atoms with E-state index < -0.39 is 5.54 Å². The van der Waals surface area contributed by atoms with E-state index in [2.05, 4.69) is 17.3 Å². The highest BCUT2D eigenvalue weighted by Crippen LogP contribution is 2.25. The lowest BCUT2D eigenvalue weighted by molar-refractivity contribution is -0.148. The van der Waals surface area contributed by atoms with E-state index in [0.717, 1.165) is 25.3 Å². The number of esters is 1. The van der Waals surface area contributed by atoms with Gasteiger partial charge in [0.25, 0.3) is 0 Å². The molecule has 1 saturated carbocycles. The summed E-state index contributed by atoms with van der Waals surface area (Å²) in [5.74, 6) is 0.717. The Kier molecular flexibility index (Phi) is 6.80. The monoisotopic (exact) mass is 270 g/mol. The topological polar surface area (TPSA) is 41.6 Å². The summed E-state index contributed by atoms with van der Waals surface area (Å²) in [5.41, 5.74) is -0.553. The normalized spacial score (nSPS) is 19.6. The first-order valence-electron chi connectivity index (χ1n) is 7.47. The molecular formula is C15H30N2O2. The van der Waals surface area contributed by atoms with E-state index >= 15 is 0 Å². The summed E-state index contributed by atoms with van der Waals surface area (Å²) in [6.07, 6.45) is 7.40. The molecule has 1 rings (SSSR count). The van der Waals surface area contributed by atoms with Crippen molar-refractivity contribution < 1.29 is 9.53 Å². The Bertz CT molecular complexity index is 277. The molecule has 0 saturated heterocycles. The van der Waals surface area contributed by atoms with Crippen LogP contribution >= 0.6 is 0 Å². The summed E-state index contributed by atoms with van der Waals surface area (Å²) in [4.78, 5) is 14.1. The Morgan fingerprint density at radius 3 is 2.58 bits per heavy atom. The average Bonchev–Trinajstić information content (AvgIpc) is 2.90. The quantitative estimate of drug-likeness (QED) is 0.685. The molecular weight excluding hydrogens is 240 g/mol. The number of nitrogens with zero attached hydrogens (tertiary/aromatic N) is 1. The maximum atomic E-state index is 11.7. The van der Waals surface area contributed by atoms with Gasteiger partial charge < -0.3 is 15.0 Å². The van der Waals surface area contributed by atoms with E-state index in [-0.39, 0.29) is 5.97 Å². The Morgan fingerprint density at radius 1 is 1.42 bits per heavy atom. The molecule has 4 heteroatoms. The minimum absolute atomic E-state index is 0.173. The van der Waals surface area contributed by atoms with Crippen molar-refractivity contribution in [3.8, 4) is 0 Å². The molecule has 19 heavy (non-hydrogen) atoms. The number of rotatable bonds is 8. The van der Waals surface area contributed by atoms with Gasteiger partial charge in [0.1, 0.15) is 5.54 Å². The van der Waals surface area contributed by atoms with Crippen molar-refractivity contribution in [3.63, 3.8) is 0 Å². The molecule has 0 aliphatic heterocycles. The number of carbonyl (C=O) groups is 1. The maximum Gasteiger partial charge on any atom is 0.325 e. The lowest BCUT2D eigenvalue weighted by Crippen LogP contribution is -2.48. The van der Waals surface area contributed by atoms with Gasteiger partial charge in [0, 0.05) is 6.54 Å². The Hall–Kier alpha value is -0.610. The maximum absolute atomic E-state index is 11.7. The van der Waals surface area contributed by atoms with E-state index in [4.69, 9.17) is 4.74 Å². The van der Waals surface area contributed by atoms with E-state index in [1.807, 2.05) is 14.0 Å². The van der Waals surface area contributed by atoms with Crippen LogP contribution in [0.3, 0.4) is 0 Å². The van der Waals surface area contributed by atoms with E-state index in [9.17, 15) is 4.79 Å². The van der Waals surface area contributed by atoms with Gasteiger partial charge in [0.05, 0.1) is 7.11 Å². The number of hydrogen-bond acceptors (Lipinski definition) is 4. The Balaban J connectivity index is 2.25. The van der Waals surface area contributed by atoms with Crippen molar-refractivity contribution >= 4 is 5.97 Å². The van der Waals surface area contributed by atoms with Crippen LogP contribution in [0.15, 0.2) is 0 Å². The zero-order valence-electron chi connectivity index (χ0n) is 13.0. The second kappa shape index (κ2) is 7.85. The van der Waals surface area contributed by atoms with E-state index in [1.54, 1.807) is 0 Å². The van der Waals surface area contributed by atoms with Crippen LogP contribution in [0, 0.1) is 5.92 Å². The van der Waals surface area contributed by atoms with Gasteiger partial charge in [0.15, 0.2) is 0 Å². The number of ether oxygens (including phenoxy) is 1. The summed E-state index contributed by atoms with van der Waals surface area (Å²) in [6.45, 7) is 4.16. The van der Waals surface area contributed by atoms with Crippen molar-refractivity contribution in [2.75, 3.05) is 34.3 Å². The average molecular weight is 270 g/mol. The molecule has 112 valence electrons. The van der Waals surface area contributed by atoms with Crippen LogP contribution in [0.4, 0.5) is 0 Å². The van der Waals surface area contributed by atoms with Crippen molar-refractivity contribution in [2.24, 2.45) is 5.92 Å². The SMILES string of the molecule is CNC(C)(CCCN(C)CC1CCCC1)C(=O)OC. The van der Waals surface area contributed by atoms with Gasteiger partial charge in [-0.15, -0.1) is 0 Å². The molecule has 1 aliphatic carbocycles. The summed E-state index contributed by atoms with van der Waals surface area (Å²) in [6, 6.07) is 0. The lowest BCUT2D eigenvalue weighted by Gasteiger charge is -2.27. The molecule has 4 nitrogen and oxygen atoms in total. The van der Waals surface area contributed by atoms with Crippen molar-refractivity contribution in [3.05, 3.63) is 0 Å². The zero-order valence-corrected chi connectivity index (χ0v) is 13.0. The first kappa shape index (κ1) is 16.4. The number of carbonyl (C=O) groups excluding carboxylic acids is 1. The van der Waals surface area contributed by atoms with Gasteiger partial charge in [-0.2, -0.15) is 0 Å². The van der Waals surface area contributed by atoms with Crippen LogP contribution in [0.25, 0.3) is 0 Å². The largest absolute Gasteiger partial charge is 0.468 e. The van der Waals surface area contributed by atoms with Gasteiger partial charge in [-0.1, -0.05) is 12.8 Å². The smallest absolute Gasteiger partial charge is 0.325 e. The number of hydrogen-bond donors (Lipinski definition) is 1. The third kappa shape index (κ3) is 5.11. The molecule has 0 amide bonds. The predicted molar refractivity (Wildman–Crippen MR) is 78.2 cm³/mol.